The summed E-state index contributed by atoms with van der Waals surface area (Å²) >= 11 is 0. The van der Waals surface area contributed by atoms with Gasteiger partial charge in [0.25, 0.3) is 0 Å². The van der Waals surface area contributed by atoms with Gasteiger partial charge in [-0.1, -0.05) is 49.1 Å². The lowest BCUT2D eigenvalue weighted by Gasteiger charge is -2.02. The molecule has 0 aliphatic rings. The Bertz CT molecular complexity index is 542. The van der Waals surface area contributed by atoms with Crippen molar-refractivity contribution in [3.63, 3.8) is 0 Å². The van der Waals surface area contributed by atoms with Gasteiger partial charge in [-0.25, -0.2) is 0 Å². The maximum absolute atomic E-state index is 8.72. The van der Waals surface area contributed by atoms with Crippen LogP contribution in [0.3, 0.4) is 0 Å². The molecule has 0 N–H and O–H groups in total. The van der Waals surface area contributed by atoms with E-state index in [1.165, 1.54) is 11.1 Å². The van der Waals surface area contributed by atoms with Crippen LogP contribution >= 0.6 is 0 Å². The molecule has 0 unspecified atom stereocenters. The number of benzene rings is 2. The molecule has 0 heterocycles. The minimum Gasteiger partial charge on any atom is -0.192 e. The second-order valence-corrected chi connectivity index (χ2v) is 3.93. The van der Waals surface area contributed by atoms with Crippen molar-refractivity contribution in [3.05, 3.63) is 77.4 Å². The zero-order valence-corrected chi connectivity index (χ0v) is 9.56. The fourth-order valence-corrected chi connectivity index (χ4v) is 1.70. The molecule has 0 aliphatic heterocycles. The molecule has 1 nitrogen and oxygen atoms in total. The topological polar surface area (TPSA) is 23.8 Å². The van der Waals surface area contributed by atoms with Gasteiger partial charge in [0, 0.05) is 0 Å². The maximum Gasteiger partial charge on any atom is 0.0991 e. The molecule has 0 spiro atoms. The first kappa shape index (κ1) is 11.2. The highest BCUT2D eigenvalue weighted by Gasteiger charge is 1.97. The van der Waals surface area contributed by atoms with E-state index in [1.807, 2.05) is 30.3 Å². The lowest BCUT2D eigenvalue weighted by Crippen LogP contribution is -1.88. The molecule has 0 bridgehead atoms. The molecule has 2 aromatic carbocycles. The van der Waals surface area contributed by atoms with Crippen molar-refractivity contribution in [2.24, 2.45) is 0 Å². The van der Waals surface area contributed by atoms with E-state index in [0.717, 1.165) is 12.0 Å². The van der Waals surface area contributed by atoms with Crippen molar-refractivity contribution in [2.75, 3.05) is 0 Å². The Hall–Kier alpha value is -2.33. The molecular weight excluding hydrogens is 206 g/mol. The average molecular weight is 219 g/mol. The standard InChI is InChI=1S/C16H13N/c1-2-13-3-5-14(6-4-13)11-15-7-9-16(12-17)10-8-15/h2-10H,1,11H2. The van der Waals surface area contributed by atoms with Gasteiger partial charge in [0.05, 0.1) is 11.6 Å². The second-order valence-electron chi connectivity index (χ2n) is 3.93. The van der Waals surface area contributed by atoms with Gasteiger partial charge in [0.2, 0.25) is 0 Å². The third-order valence-electron chi connectivity index (χ3n) is 2.71. The third-order valence-corrected chi connectivity index (χ3v) is 2.71. The average Bonchev–Trinajstić information content (AvgIpc) is 2.40. The van der Waals surface area contributed by atoms with Crippen LogP contribution in [-0.4, -0.2) is 0 Å². The van der Waals surface area contributed by atoms with Crippen LogP contribution in [0.25, 0.3) is 6.08 Å². The highest BCUT2D eigenvalue weighted by atomic mass is 14.2. The van der Waals surface area contributed by atoms with Gasteiger partial charge in [-0.2, -0.15) is 5.26 Å². The van der Waals surface area contributed by atoms with Gasteiger partial charge >= 0.3 is 0 Å². The summed E-state index contributed by atoms with van der Waals surface area (Å²) in [6, 6.07) is 18.2. The van der Waals surface area contributed by atoms with Gasteiger partial charge in [-0.05, 0) is 35.2 Å². The van der Waals surface area contributed by atoms with Crippen LogP contribution in [0.1, 0.15) is 22.3 Å². The van der Waals surface area contributed by atoms with E-state index in [1.54, 1.807) is 0 Å². The molecule has 0 saturated carbocycles. The Morgan fingerprint density at radius 2 is 1.47 bits per heavy atom. The van der Waals surface area contributed by atoms with E-state index >= 15 is 0 Å². The molecule has 0 aliphatic carbocycles. The second kappa shape index (κ2) is 5.14. The first-order valence-corrected chi connectivity index (χ1v) is 5.52. The van der Waals surface area contributed by atoms with E-state index in [0.29, 0.717) is 5.56 Å². The molecule has 0 atom stereocenters. The van der Waals surface area contributed by atoms with E-state index in [4.69, 9.17) is 5.26 Å². The third kappa shape index (κ3) is 2.83. The fourth-order valence-electron chi connectivity index (χ4n) is 1.70. The Morgan fingerprint density at radius 1 is 0.941 bits per heavy atom. The van der Waals surface area contributed by atoms with Crippen molar-refractivity contribution in [1.82, 2.24) is 0 Å². The van der Waals surface area contributed by atoms with Crippen molar-refractivity contribution in [1.29, 1.82) is 5.26 Å². The summed E-state index contributed by atoms with van der Waals surface area (Å²) in [4.78, 5) is 0. The van der Waals surface area contributed by atoms with Crippen LogP contribution in [0.5, 0.6) is 0 Å². The molecule has 0 aromatic heterocycles. The summed E-state index contributed by atoms with van der Waals surface area (Å²) < 4.78 is 0. The van der Waals surface area contributed by atoms with Crippen LogP contribution in [-0.2, 0) is 6.42 Å². The Kier molecular flexibility index (Phi) is 3.37. The lowest BCUT2D eigenvalue weighted by atomic mass is 10.0. The zero-order chi connectivity index (χ0) is 12.1. The fraction of sp³-hybridized carbons (Fsp3) is 0.0625. The molecule has 0 saturated heterocycles. The Balaban J connectivity index is 2.14. The first-order chi connectivity index (χ1) is 8.31. The van der Waals surface area contributed by atoms with Crippen LogP contribution in [0, 0.1) is 11.3 Å². The summed E-state index contributed by atoms with van der Waals surface area (Å²) in [5.74, 6) is 0. The normalized spacial score (nSPS) is 9.59. The molecule has 82 valence electrons. The predicted molar refractivity (Wildman–Crippen MR) is 70.5 cm³/mol. The molecule has 0 radical (unpaired) electrons. The van der Waals surface area contributed by atoms with E-state index in [9.17, 15) is 0 Å². The highest BCUT2D eigenvalue weighted by Crippen LogP contribution is 2.12. The quantitative estimate of drug-likeness (QED) is 0.770. The monoisotopic (exact) mass is 219 g/mol. The number of hydrogen-bond acceptors (Lipinski definition) is 1. The van der Waals surface area contributed by atoms with Gasteiger partial charge in [-0.3, -0.25) is 0 Å². The summed E-state index contributed by atoms with van der Waals surface area (Å²) in [6.07, 6.45) is 2.73. The van der Waals surface area contributed by atoms with Crippen molar-refractivity contribution in [3.8, 4) is 6.07 Å². The van der Waals surface area contributed by atoms with Crippen LogP contribution in [0.15, 0.2) is 55.1 Å². The van der Waals surface area contributed by atoms with Crippen molar-refractivity contribution >= 4 is 6.08 Å². The molecule has 2 aromatic rings. The summed E-state index contributed by atoms with van der Waals surface area (Å²) in [6.45, 7) is 3.73. The first-order valence-electron chi connectivity index (χ1n) is 5.52. The highest BCUT2D eigenvalue weighted by molar-refractivity contribution is 5.47. The van der Waals surface area contributed by atoms with Gasteiger partial charge in [0.15, 0.2) is 0 Å². The number of nitrogens with zero attached hydrogens (tertiary/aromatic N) is 1. The molecule has 2 rings (SSSR count). The Morgan fingerprint density at radius 3 is 1.94 bits per heavy atom. The molecule has 1 heteroatoms. The van der Waals surface area contributed by atoms with Gasteiger partial charge in [-0.15, -0.1) is 0 Å². The van der Waals surface area contributed by atoms with Crippen molar-refractivity contribution < 1.29 is 0 Å². The van der Waals surface area contributed by atoms with Gasteiger partial charge < -0.3 is 0 Å². The van der Waals surface area contributed by atoms with Crippen LogP contribution < -0.4 is 0 Å². The van der Waals surface area contributed by atoms with E-state index < -0.39 is 0 Å². The largest absolute Gasteiger partial charge is 0.192 e. The predicted octanol–water partition coefficient (Wildman–Crippen LogP) is 3.79. The summed E-state index contributed by atoms with van der Waals surface area (Å²) in [7, 11) is 0. The lowest BCUT2D eigenvalue weighted by molar-refractivity contribution is 1.19. The van der Waals surface area contributed by atoms with Crippen molar-refractivity contribution in [2.45, 2.75) is 6.42 Å². The number of nitriles is 1. The van der Waals surface area contributed by atoms with Gasteiger partial charge in [0.1, 0.15) is 0 Å². The number of rotatable bonds is 3. The van der Waals surface area contributed by atoms with Crippen LogP contribution in [0.2, 0.25) is 0 Å². The summed E-state index contributed by atoms with van der Waals surface area (Å²) in [5, 5.41) is 8.72. The number of hydrogen-bond donors (Lipinski definition) is 0. The molecule has 17 heavy (non-hydrogen) atoms. The summed E-state index contributed by atoms with van der Waals surface area (Å²) in [5.41, 5.74) is 4.32. The minimum atomic E-state index is 0.704. The zero-order valence-electron chi connectivity index (χ0n) is 9.56. The van der Waals surface area contributed by atoms with Crippen LogP contribution in [0.4, 0.5) is 0 Å². The Labute approximate surface area is 102 Å². The molecular formula is C16H13N. The SMILES string of the molecule is C=Cc1ccc(Cc2ccc(C#N)cc2)cc1. The smallest absolute Gasteiger partial charge is 0.0991 e. The van der Waals surface area contributed by atoms with E-state index in [2.05, 4.69) is 36.9 Å². The molecule has 0 amide bonds. The maximum atomic E-state index is 8.72. The molecule has 0 fully saturated rings. The minimum absolute atomic E-state index is 0.704. The van der Waals surface area contributed by atoms with E-state index in [-0.39, 0.29) is 0 Å².